The van der Waals surface area contributed by atoms with Gasteiger partial charge in [0.15, 0.2) is 12.4 Å². The lowest BCUT2D eigenvalue weighted by Gasteiger charge is -2.26. The van der Waals surface area contributed by atoms with Gasteiger partial charge >= 0.3 is 11.9 Å². The molecule has 440 valence electrons. The van der Waals surface area contributed by atoms with Crippen molar-refractivity contribution in [1.29, 1.82) is 0 Å². The molecule has 0 aliphatic heterocycles. The Morgan fingerprint density at radius 1 is 0.400 bits per heavy atom. The third-order valence-corrected chi connectivity index (χ3v) is 14.4. The number of hydrogen-bond donors (Lipinski definition) is 0. The van der Waals surface area contributed by atoms with Gasteiger partial charge in [-0.25, -0.2) is 0 Å². The van der Waals surface area contributed by atoms with Crippen LogP contribution in [0.1, 0.15) is 309 Å². The highest BCUT2D eigenvalue weighted by molar-refractivity contribution is 5.70. The quantitative estimate of drug-likeness (QED) is 0.0195. The fourth-order valence-corrected chi connectivity index (χ4v) is 9.39. The minimum Gasteiger partial charge on any atom is -0.545 e. The molecule has 0 aliphatic rings. The summed E-state index contributed by atoms with van der Waals surface area (Å²) in [6.45, 7) is 4.74. The Morgan fingerprint density at radius 3 is 1.09 bits per heavy atom. The van der Waals surface area contributed by atoms with Gasteiger partial charge in [-0.1, -0.05) is 262 Å². The molecule has 9 heteroatoms. The van der Waals surface area contributed by atoms with Crippen LogP contribution >= 0.6 is 0 Å². The van der Waals surface area contributed by atoms with Gasteiger partial charge in [-0.2, -0.15) is 0 Å². The van der Waals surface area contributed by atoms with E-state index in [1.54, 1.807) is 0 Å². The Bertz CT molecular complexity index is 1320. The van der Waals surface area contributed by atoms with E-state index in [2.05, 4.69) is 50.3 Å². The number of carboxylic acids is 1. The summed E-state index contributed by atoms with van der Waals surface area (Å²) >= 11 is 0. The predicted octanol–water partition coefficient (Wildman–Crippen LogP) is 17.9. The van der Waals surface area contributed by atoms with Gasteiger partial charge in [0.05, 0.1) is 40.3 Å². The molecule has 0 aromatic rings. The number of unbranched alkanes of at least 4 members (excludes halogenated alkanes) is 39. The molecular formula is C66H123NO8. The zero-order chi connectivity index (χ0) is 54.8. The second kappa shape index (κ2) is 57.7. The van der Waals surface area contributed by atoms with Gasteiger partial charge in [0.25, 0.3) is 0 Å². The number of esters is 2. The second-order valence-electron chi connectivity index (χ2n) is 23.0. The first-order valence-electron chi connectivity index (χ1n) is 32.1. The zero-order valence-electron chi connectivity index (χ0n) is 50.2. The maximum atomic E-state index is 12.8. The van der Waals surface area contributed by atoms with Crippen molar-refractivity contribution in [3.8, 4) is 0 Å². The van der Waals surface area contributed by atoms with Gasteiger partial charge in [-0.05, 0) is 70.6 Å². The Morgan fingerprint density at radius 2 is 0.720 bits per heavy atom. The van der Waals surface area contributed by atoms with Crippen LogP contribution in [0.15, 0.2) is 36.5 Å². The van der Waals surface area contributed by atoms with E-state index in [1.165, 1.54) is 218 Å². The fourth-order valence-electron chi connectivity index (χ4n) is 9.39. The molecule has 0 N–H and O–H groups in total. The van der Waals surface area contributed by atoms with Crippen molar-refractivity contribution in [3.05, 3.63) is 36.5 Å². The van der Waals surface area contributed by atoms with Crippen LogP contribution in [0.2, 0.25) is 0 Å². The van der Waals surface area contributed by atoms with Crippen LogP contribution < -0.4 is 5.11 Å². The Labute approximate surface area is 464 Å². The molecule has 2 unspecified atom stereocenters. The molecule has 0 amide bonds. The summed E-state index contributed by atoms with van der Waals surface area (Å²) in [6.07, 6.45) is 68.1. The largest absolute Gasteiger partial charge is 0.545 e. The van der Waals surface area contributed by atoms with Gasteiger partial charge in [0.1, 0.15) is 13.2 Å². The molecule has 2 atom stereocenters. The summed E-state index contributed by atoms with van der Waals surface area (Å²) in [4.78, 5) is 37.3. The van der Waals surface area contributed by atoms with E-state index in [4.69, 9.17) is 18.9 Å². The molecular weight excluding hydrogens is 935 g/mol. The fraction of sp³-hybridized carbons (Fsp3) is 0.864. The number of aliphatic carboxylic acids is 1. The van der Waals surface area contributed by atoms with E-state index < -0.39 is 24.3 Å². The summed E-state index contributed by atoms with van der Waals surface area (Å²) in [5.41, 5.74) is 0. The standard InChI is InChI=1S/C66H123NO8/c1-6-8-10-12-14-16-18-20-22-23-24-25-26-27-28-29-30-31-32-33-34-35-36-37-38-39-40-41-43-44-46-48-50-52-54-56-63(68)73-60-62(61-74-66(65(70)71)72-59-58-67(3,4)5)75-64(69)57-55-53-51-49-47-45-42-21-19-17-15-13-11-9-7-2/h15,17,21,23-24,42,62,66H,6-14,16,18-20,22,25-41,43-61H2,1-5H3/b17-15-,24-23-,42-21-. The molecule has 9 nitrogen and oxygen atoms in total. The lowest BCUT2D eigenvalue weighted by atomic mass is 10.0. The van der Waals surface area contributed by atoms with Gasteiger partial charge in [0.2, 0.25) is 0 Å². The van der Waals surface area contributed by atoms with Crippen LogP contribution in [-0.2, 0) is 33.3 Å². The molecule has 0 aromatic carbocycles. The van der Waals surface area contributed by atoms with Crippen molar-refractivity contribution in [2.45, 2.75) is 322 Å². The highest BCUT2D eigenvalue weighted by atomic mass is 16.7. The van der Waals surface area contributed by atoms with Gasteiger partial charge < -0.3 is 33.3 Å². The minimum atomic E-state index is -1.62. The van der Waals surface area contributed by atoms with Crippen LogP contribution in [0, 0.1) is 0 Å². The number of carboxylic acid groups (broad SMARTS) is 1. The number of likely N-dealkylation sites (N-methyl/N-ethyl adjacent to an activating group) is 1. The van der Waals surface area contributed by atoms with E-state index >= 15 is 0 Å². The molecule has 0 spiro atoms. The van der Waals surface area contributed by atoms with Gasteiger partial charge in [-0.15, -0.1) is 0 Å². The maximum absolute atomic E-state index is 12.8. The van der Waals surface area contributed by atoms with Crippen LogP contribution in [0.3, 0.4) is 0 Å². The summed E-state index contributed by atoms with van der Waals surface area (Å²) in [5.74, 6) is -2.29. The zero-order valence-corrected chi connectivity index (χ0v) is 50.2. The van der Waals surface area contributed by atoms with E-state index in [1.807, 2.05) is 21.1 Å². The van der Waals surface area contributed by atoms with Crippen molar-refractivity contribution >= 4 is 17.9 Å². The first-order valence-corrected chi connectivity index (χ1v) is 32.1. The first kappa shape index (κ1) is 72.5. The van der Waals surface area contributed by atoms with Crippen LogP contribution in [-0.4, -0.2) is 82.3 Å². The average molecular weight is 1060 g/mol. The molecule has 0 rings (SSSR count). The molecule has 0 aliphatic carbocycles. The monoisotopic (exact) mass is 1060 g/mol. The molecule has 0 fully saturated rings. The lowest BCUT2D eigenvalue weighted by Crippen LogP contribution is -2.44. The number of carbonyl (C=O) groups excluding carboxylic acids is 3. The highest BCUT2D eigenvalue weighted by Gasteiger charge is 2.22. The van der Waals surface area contributed by atoms with Crippen molar-refractivity contribution in [1.82, 2.24) is 0 Å². The smallest absolute Gasteiger partial charge is 0.306 e. The molecule has 75 heavy (non-hydrogen) atoms. The first-order chi connectivity index (χ1) is 36.6. The number of carbonyl (C=O) groups is 3. The van der Waals surface area contributed by atoms with E-state index in [9.17, 15) is 19.5 Å². The Balaban J connectivity index is 3.99. The predicted molar refractivity (Wildman–Crippen MR) is 316 cm³/mol. The van der Waals surface area contributed by atoms with Crippen molar-refractivity contribution in [2.75, 3.05) is 47.5 Å². The molecule has 0 saturated heterocycles. The van der Waals surface area contributed by atoms with Crippen LogP contribution in [0.4, 0.5) is 0 Å². The third kappa shape index (κ3) is 59.0. The summed E-state index contributed by atoms with van der Waals surface area (Å²) in [5, 5.41) is 11.8. The number of quaternary nitrogens is 1. The number of nitrogens with zero attached hydrogens (tertiary/aromatic N) is 1. The van der Waals surface area contributed by atoms with Crippen molar-refractivity contribution < 1.29 is 42.9 Å². The van der Waals surface area contributed by atoms with E-state index in [-0.39, 0.29) is 32.2 Å². The number of hydrogen-bond acceptors (Lipinski definition) is 8. The van der Waals surface area contributed by atoms with Gasteiger partial charge in [-0.3, -0.25) is 9.59 Å². The number of ether oxygens (including phenoxy) is 4. The maximum Gasteiger partial charge on any atom is 0.306 e. The van der Waals surface area contributed by atoms with Gasteiger partial charge in [0, 0.05) is 12.8 Å². The number of rotatable bonds is 60. The van der Waals surface area contributed by atoms with Crippen molar-refractivity contribution in [2.24, 2.45) is 0 Å². The lowest BCUT2D eigenvalue weighted by molar-refractivity contribution is -0.870. The molecule has 0 bridgehead atoms. The molecule has 0 radical (unpaired) electrons. The van der Waals surface area contributed by atoms with Crippen molar-refractivity contribution in [3.63, 3.8) is 0 Å². The molecule has 0 aromatic heterocycles. The Kier molecular flexibility index (Phi) is 55.8. The van der Waals surface area contributed by atoms with E-state index in [0.717, 1.165) is 57.8 Å². The summed E-state index contributed by atoms with van der Waals surface area (Å²) < 4.78 is 22.7. The SMILES string of the molecule is CCCCC/C=C\C/C=C\CCCCCCCC(=O)OC(COC(=O)CCCCCCCCCCCCCCCCCCCCCCCCC/C=C\CCCCCCCCCC)COC(OCC[N+](C)(C)C)C(=O)[O-]. The Hall–Kier alpha value is -2.49. The third-order valence-electron chi connectivity index (χ3n) is 14.4. The van der Waals surface area contributed by atoms with Crippen LogP contribution in [0.25, 0.3) is 0 Å². The number of allylic oxidation sites excluding steroid dienone is 6. The topological polar surface area (TPSA) is 111 Å². The van der Waals surface area contributed by atoms with Crippen LogP contribution in [0.5, 0.6) is 0 Å². The molecule has 0 saturated carbocycles. The summed E-state index contributed by atoms with van der Waals surface area (Å²) in [7, 11) is 5.92. The summed E-state index contributed by atoms with van der Waals surface area (Å²) in [6, 6.07) is 0. The second-order valence-corrected chi connectivity index (χ2v) is 23.0. The normalized spacial score (nSPS) is 12.9. The highest BCUT2D eigenvalue weighted by Crippen LogP contribution is 2.18. The molecule has 0 heterocycles. The van der Waals surface area contributed by atoms with E-state index in [0.29, 0.717) is 23.9 Å². The average Bonchev–Trinajstić information content (AvgIpc) is 3.38. The minimum absolute atomic E-state index is 0.146.